The minimum absolute atomic E-state index is 0.145. The quantitative estimate of drug-likeness (QED) is 0.790. The average molecular weight is 251 g/mol. The fourth-order valence-corrected chi connectivity index (χ4v) is 2.39. The summed E-state index contributed by atoms with van der Waals surface area (Å²) in [5.74, 6) is 0.145. The highest BCUT2D eigenvalue weighted by Crippen LogP contribution is 2.19. The first-order valence-corrected chi connectivity index (χ1v) is 6.37. The smallest absolute Gasteiger partial charge is 0.220 e. The van der Waals surface area contributed by atoms with Crippen molar-refractivity contribution in [3.8, 4) is 0 Å². The first-order chi connectivity index (χ1) is 8.47. The molecular weight excluding hydrogens is 230 g/mol. The average Bonchev–Trinajstić information content (AvgIpc) is 2.66. The summed E-state index contributed by atoms with van der Waals surface area (Å²) in [5, 5.41) is 14.5. The number of carbonyl (C=O) groups is 1. The summed E-state index contributed by atoms with van der Waals surface area (Å²) in [6.45, 7) is 4.97. The zero-order chi connectivity index (χ0) is 13.2. The van der Waals surface area contributed by atoms with Crippen LogP contribution in [0.5, 0.6) is 0 Å². The third-order valence-electron chi connectivity index (χ3n) is 3.41. The van der Waals surface area contributed by atoms with Gasteiger partial charge < -0.3 is 10.6 Å². The normalized spacial score (nSPS) is 22.8. The van der Waals surface area contributed by atoms with Gasteiger partial charge in [0, 0.05) is 44.2 Å². The van der Waals surface area contributed by atoms with Gasteiger partial charge in [-0.1, -0.05) is 5.21 Å². The topological polar surface area (TPSA) is 71.8 Å². The van der Waals surface area contributed by atoms with Crippen LogP contribution in [0, 0.1) is 0 Å². The highest BCUT2D eigenvalue weighted by molar-refractivity contribution is 5.77. The summed E-state index contributed by atoms with van der Waals surface area (Å²) in [4.78, 5) is 11.4. The van der Waals surface area contributed by atoms with E-state index in [1.807, 2.05) is 13.2 Å². The van der Waals surface area contributed by atoms with Gasteiger partial charge in [0.25, 0.3) is 0 Å². The molecule has 0 saturated carbocycles. The molecule has 0 radical (unpaired) electrons. The van der Waals surface area contributed by atoms with E-state index in [-0.39, 0.29) is 11.4 Å². The lowest BCUT2D eigenvalue weighted by molar-refractivity contribution is -0.125. The van der Waals surface area contributed by atoms with Crippen LogP contribution in [-0.4, -0.2) is 39.0 Å². The van der Waals surface area contributed by atoms with E-state index in [0.29, 0.717) is 12.5 Å². The second-order valence-corrected chi connectivity index (χ2v) is 5.45. The van der Waals surface area contributed by atoms with Crippen LogP contribution >= 0.6 is 0 Å². The van der Waals surface area contributed by atoms with E-state index in [4.69, 9.17) is 0 Å². The molecule has 1 aliphatic heterocycles. The molecule has 1 aromatic rings. The summed E-state index contributed by atoms with van der Waals surface area (Å²) in [6, 6.07) is 0.312. The SMILES string of the molecule is Cn1cc(CCNC2CCC(=O)NC2(C)C)nn1. The van der Waals surface area contributed by atoms with Crippen LogP contribution in [0.15, 0.2) is 6.20 Å². The van der Waals surface area contributed by atoms with Crippen molar-refractivity contribution in [2.24, 2.45) is 7.05 Å². The summed E-state index contributed by atoms with van der Waals surface area (Å²) >= 11 is 0. The first kappa shape index (κ1) is 13.0. The highest BCUT2D eigenvalue weighted by Gasteiger charge is 2.34. The molecule has 0 aromatic carbocycles. The maximum atomic E-state index is 11.4. The van der Waals surface area contributed by atoms with Crippen LogP contribution in [0.4, 0.5) is 0 Å². The number of nitrogens with one attached hydrogen (secondary N) is 2. The Balaban J connectivity index is 1.81. The van der Waals surface area contributed by atoms with Crippen molar-refractivity contribution in [1.82, 2.24) is 25.6 Å². The summed E-state index contributed by atoms with van der Waals surface area (Å²) in [5.41, 5.74) is 0.806. The lowest BCUT2D eigenvalue weighted by Crippen LogP contribution is -2.61. The molecule has 1 unspecified atom stereocenters. The van der Waals surface area contributed by atoms with Crippen LogP contribution in [0.1, 0.15) is 32.4 Å². The Morgan fingerprint density at radius 2 is 2.39 bits per heavy atom. The second-order valence-electron chi connectivity index (χ2n) is 5.45. The molecule has 1 atom stereocenters. The molecule has 2 N–H and O–H groups in total. The third kappa shape index (κ3) is 3.07. The summed E-state index contributed by atoms with van der Waals surface area (Å²) in [6.07, 6.45) is 4.27. The van der Waals surface area contributed by atoms with Crippen LogP contribution in [0.25, 0.3) is 0 Å². The van der Waals surface area contributed by atoms with Gasteiger partial charge in [0.1, 0.15) is 0 Å². The molecule has 0 spiro atoms. The summed E-state index contributed by atoms with van der Waals surface area (Å²) < 4.78 is 1.71. The van der Waals surface area contributed by atoms with E-state index in [0.717, 1.165) is 25.1 Å². The number of aryl methyl sites for hydroxylation is 1. The van der Waals surface area contributed by atoms with Gasteiger partial charge in [0.15, 0.2) is 0 Å². The predicted octanol–water partition coefficient (Wildman–Crippen LogP) is 0.00440. The van der Waals surface area contributed by atoms with Crippen LogP contribution in [0.2, 0.25) is 0 Å². The molecule has 1 aliphatic rings. The number of rotatable bonds is 4. The molecule has 1 fully saturated rings. The monoisotopic (exact) mass is 251 g/mol. The molecule has 2 heterocycles. The lowest BCUT2D eigenvalue weighted by Gasteiger charge is -2.39. The zero-order valence-corrected chi connectivity index (χ0v) is 11.2. The lowest BCUT2D eigenvalue weighted by atomic mass is 9.87. The molecule has 100 valence electrons. The number of hydrogen-bond acceptors (Lipinski definition) is 4. The van der Waals surface area contributed by atoms with Crippen molar-refractivity contribution >= 4 is 5.91 Å². The van der Waals surface area contributed by atoms with Crippen molar-refractivity contribution < 1.29 is 4.79 Å². The Hall–Kier alpha value is -1.43. The Kier molecular flexibility index (Phi) is 3.65. The number of piperidine rings is 1. The molecule has 2 rings (SSSR count). The molecule has 18 heavy (non-hydrogen) atoms. The van der Waals surface area contributed by atoms with E-state index in [2.05, 4.69) is 34.8 Å². The number of carbonyl (C=O) groups excluding carboxylic acids is 1. The fourth-order valence-electron chi connectivity index (χ4n) is 2.39. The van der Waals surface area contributed by atoms with Crippen molar-refractivity contribution in [3.05, 3.63) is 11.9 Å². The standard InChI is InChI=1S/C12H21N5O/c1-12(2)10(4-5-11(18)14-12)13-7-6-9-8-17(3)16-15-9/h8,10,13H,4-7H2,1-3H3,(H,14,18). The predicted molar refractivity (Wildman–Crippen MR) is 68.0 cm³/mol. The number of hydrogen-bond donors (Lipinski definition) is 2. The molecule has 0 bridgehead atoms. The van der Waals surface area contributed by atoms with E-state index < -0.39 is 0 Å². The Morgan fingerprint density at radius 3 is 3.00 bits per heavy atom. The summed E-state index contributed by atoms with van der Waals surface area (Å²) in [7, 11) is 1.86. The number of aromatic nitrogens is 3. The van der Waals surface area contributed by atoms with Crippen molar-refractivity contribution in [3.63, 3.8) is 0 Å². The van der Waals surface area contributed by atoms with Gasteiger partial charge in [0.05, 0.1) is 5.69 Å². The first-order valence-electron chi connectivity index (χ1n) is 6.37. The van der Waals surface area contributed by atoms with Crippen molar-refractivity contribution in [1.29, 1.82) is 0 Å². The number of amides is 1. The molecule has 6 nitrogen and oxygen atoms in total. The Morgan fingerprint density at radius 1 is 1.61 bits per heavy atom. The number of nitrogens with zero attached hydrogens (tertiary/aromatic N) is 3. The van der Waals surface area contributed by atoms with Gasteiger partial charge in [-0.3, -0.25) is 9.48 Å². The molecule has 6 heteroatoms. The Bertz CT molecular complexity index is 426. The third-order valence-corrected chi connectivity index (χ3v) is 3.41. The van der Waals surface area contributed by atoms with E-state index in [1.165, 1.54) is 0 Å². The minimum atomic E-state index is -0.183. The van der Waals surface area contributed by atoms with E-state index in [1.54, 1.807) is 4.68 Å². The van der Waals surface area contributed by atoms with Crippen molar-refractivity contribution in [2.75, 3.05) is 6.54 Å². The largest absolute Gasteiger partial charge is 0.350 e. The van der Waals surface area contributed by atoms with Crippen LogP contribution in [-0.2, 0) is 18.3 Å². The van der Waals surface area contributed by atoms with Crippen LogP contribution in [0.3, 0.4) is 0 Å². The maximum Gasteiger partial charge on any atom is 0.220 e. The van der Waals surface area contributed by atoms with Gasteiger partial charge in [-0.2, -0.15) is 0 Å². The van der Waals surface area contributed by atoms with Gasteiger partial charge in [-0.15, -0.1) is 5.10 Å². The van der Waals surface area contributed by atoms with Gasteiger partial charge in [-0.25, -0.2) is 0 Å². The van der Waals surface area contributed by atoms with E-state index in [9.17, 15) is 4.79 Å². The van der Waals surface area contributed by atoms with Gasteiger partial charge >= 0.3 is 0 Å². The van der Waals surface area contributed by atoms with E-state index >= 15 is 0 Å². The molecule has 1 saturated heterocycles. The van der Waals surface area contributed by atoms with Crippen molar-refractivity contribution in [2.45, 2.75) is 44.7 Å². The minimum Gasteiger partial charge on any atom is -0.350 e. The molecule has 1 aromatic heterocycles. The van der Waals surface area contributed by atoms with Gasteiger partial charge in [-0.05, 0) is 20.3 Å². The molecule has 0 aliphatic carbocycles. The second kappa shape index (κ2) is 5.06. The fraction of sp³-hybridized carbons (Fsp3) is 0.750. The highest BCUT2D eigenvalue weighted by atomic mass is 16.1. The molecule has 1 amide bonds. The maximum absolute atomic E-state index is 11.4. The van der Waals surface area contributed by atoms with Gasteiger partial charge in [0.2, 0.25) is 5.91 Å². The van der Waals surface area contributed by atoms with Crippen LogP contribution < -0.4 is 10.6 Å². The molecular formula is C12H21N5O. The Labute approximate surface area is 107 Å². The zero-order valence-electron chi connectivity index (χ0n) is 11.2.